The lowest BCUT2D eigenvalue weighted by Crippen LogP contribution is -2.38. The lowest BCUT2D eigenvalue weighted by atomic mass is 9.81. The topological polar surface area (TPSA) is 46.2 Å². The maximum absolute atomic E-state index is 11.2. The van der Waals surface area contributed by atoms with Gasteiger partial charge in [-0.15, -0.1) is 0 Å². The van der Waals surface area contributed by atoms with E-state index in [9.17, 15) is 8.42 Å². The van der Waals surface area contributed by atoms with Crippen molar-refractivity contribution in [1.82, 2.24) is 5.32 Å². The van der Waals surface area contributed by atoms with Crippen molar-refractivity contribution in [2.24, 2.45) is 5.92 Å². The molecule has 0 bridgehead atoms. The first-order valence-corrected chi connectivity index (χ1v) is 7.48. The van der Waals surface area contributed by atoms with Crippen LogP contribution in [0.5, 0.6) is 0 Å². The Labute approximate surface area is 87.2 Å². The van der Waals surface area contributed by atoms with Crippen molar-refractivity contribution < 1.29 is 8.42 Å². The second-order valence-electron chi connectivity index (χ2n) is 4.38. The largest absolute Gasteiger partial charge is 0.313 e. The van der Waals surface area contributed by atoms with Crippen LogP contribution in [-0.2, 0) is 9.84 Å². The van der Waals surface area contributed by atoms with Gasteiger partial charge in [0.1, 0.15) is 9.84 Å². The molecule has 0 amide bonds. The minimum Gasteiger partial charge on any atom is -0.313 e. The predicted molar refractivity (Wildman–Crippen MR) is 59.1 cm³/mol. The third-order valence-corrected chi connectivity index (χ3v) is 3.85. The van der Waals surface area contributed by atoms with Crippen LogP contribution in [0.4, 0.5) is 0 Å². The number of hydrogen-bond donors (Lipinski definition) is 1. The summed E-state index contributed by atoms with van der Waals surface area (Å²) < 4.78 is 22.3. The van der Waals surface area contributed by atoms with Crippen LogP contribution in [0, 0.1) is 5.92 Å². The zero-order valence-electron chi connectivity index (χ0n) is 9.12. The van der Waals surface area contributed by atoms with Crippen LogP contribution in [0.2, 0.25) is 0 Å². The van der Waals surface area contributed by atoms with Crippen molar-refractivity contribution in [2.45, 2.75) is 38.6 Å². The number of nitrogens with one attached hydrogen (secondary N) is 1. The number of sulfone groups is 1. The van der Waals surface area contributed by atoms with Crippen LogP contribution >= 0.6 is 0 Å². The van der Waals surface area contributed by atoms with E-state index in [2.05, 4.69) is 5.32 Å². The van der Waals surface area contributed by atoms with E-state index in [4.69, 9.17) is 0 Å². The van der Waals surface area contributed by atoms with E-state index in [0.29, 0.717) is 0 Å². The highest BCUT2D eigenvalue weighted by Crippen LogP contribution is 2.30. The average molecular weight is 219 g/mol. The van der Waals surface area contributed by atoms with Gasteiger partial charge in [0.2, 0.25) is 0 Å². The Morgan fingerprint density at radius 1 is 1.43 bits per heavy atom. The third kappa shape index (κ3) is 4.42. The van der Waals surface area contributed by atoms with E-state index in [-0.39, 0.29) is 11.8 Å². The molecule has 0 spiro atoms. The van der Waals surface area contributed by atoms with Gasteiger partial charge in [-0.25, -0.2) is 8.42 Å². The molecule has 0 radical (unpaired) electrons. The van der Waals surface area contributed by atoms with Crippen molar-refractivity contribution in [3.05, 3.63) is 0 Å². The van der Waals surface area contributed by atoms with E-state index in [1.165, 1.54) is 25.5 Å². The lowest BCUT2D eigenvalue weighted by molar-refractivity contribution is 0.268. The Kier molecular flexibility index (Phi) is 4.38. The Bertz CT molecular complexity index is 257. The summed E-state index contributed by atoms with van der Waals surface area (Å²) >= 11 is 0. The zero-order valence-corrected chi connectivity index (χ0v) is 9.94. The van der Waals surface area contributed by atoms with E-state index in [0.717, 1.165) is 18.9 Å². The minimum absolute atomic E-state index is 0.167. The molecule has 0 aromatic rings. The van der Waals surface area contributed by atoms with Crippen LogP contribution in [0.3, 0.4) is 0 Å². The smallest absolute Gasteiger partial charge is 0.148 e. The Morgan fingerprint density at radius 2 is 2.07 bits per heavy atom. The Morgan fingerprint density at radius 3 is 2.43 bits per heavy atom. The average Bonchev–Trinajstić information content (AvgIpc) is 1.94. The van der Waals surface area contributed by atoms with Gasteiger partial charge in [0, 0.05) is 12.3 Å². The van der Waals surface area contributed by atoms with Gasteiger partial charge in [-0.3, -0.25) is 0 Å². The van der Waals surface area contributed by atoms with Gasteiger partial charge in [-0.1, -0.05) is 26.2 Å². The van der Waals surface area contributed by atoms with Crippen LogP contribution in [0.1, 0.15) is 32.6 Å². The van der Waals surface area contributed by atoms with Crippen molar-refractivity contribution in [3.63, 3.8) is 0 Å². The Balaban J connectivity index is 2.37. The molecule has 0 heterocycles. The highest BCUT2D eigenvalue weighted by atomic mass is 32.2. The molecular weight excluding hydrogens is 198 g/mol. The minimum atomic E-state index is -2.84. The molecule has 0 aliphatic heterocycles. The molecule has 84 valence electrons. The van der Waals surface area contributed by atoms with Crippen LogP contribution in [0.25, 0.3) is 0 Å². The summed E-state index contributed by atoms with van der Waals surface area (Å²) in [5, 5.41) is 3.26. The summed E-state index contributed by atoms with van der Waals surface area (Å²) in [6.07, 6.45) is 6.23. The molecule has 1 N–H and O–H groups in total. The first kappa shape index (κ1) is 12.0. The molecule has 1 saturated carbocycles. The van der Waals surface area contributed by atoms with Crippen molar-refractivity contribution in [1.29, 1.82) is 0 Å². The summed E-state index contributed by atoms with van der Waals surface area (Å²) in [5.74, 6) is 1.05. The number of hydrogen-bond acceptors (Lipinski definition) is 3. The molecule has 1 fully saturated rings. The molecule has 1 unspecified atom stereocenters. The van der Waals surface area contributed by atoms with E-state index >= 15 is 0 Å². The molecule has 0 aromatic carbocycles. The molecule has 0 aromatic heterocycles. The monoisotopic (exact) mass is 219 g/mol. The van der Waals surface area contributed by atoms with Gasteiger partial charge in [0.05, 0.1) is 5.75 Å². The molecule has 1 aliphatic rings. The third-order valence-electron chi connectivity index (χ3n) is 2.84. The summed E-state index contributed by atoms with van der Waals surface area (Å²) in [4.78, 5) is 0. The first-order chi connectivity index (χ1) is 6.51. The highest BCUT2D eigenvalue weighted by Gasteiger charge is 2.23. The van der Waals surface area contributed by atoms with Gasteiger partial charge in [-0.2, -0.15) is 0 Å². The predicted octanol–water partition coefficient (Wildman–Crippen LogP) is 1.20. The fourth-order valence-electron chi connectivity index (χ4n) is 2.00. The standard InChI is InChI=1S/C10H21NO2S/c1-3-11-10(8-14(2,12)13)7-9-5-4-6-9/h9-11H,3-8H2,1-2H3. The molecule has 14 heavy (non-hydrogen) atoms. The van der Waals surface area contributed by atoms with Gasteiger partial charge < -0.3 is 5.32 Å². The van der Waals surface area contributed by atoms with Gasteiger partial charge in [0.15, 0.2) is 0 Å². The molecule has 1 rings (SSSR count). The second-order valence-corrected chi connectivity index (χ2v) is 6.56. The normalized spacial score (nSPS) is 20.4. The lowest BCUT2D eigenvalue weighted by Gasteiger charge is -2.29. The van der Waals surface area contributed by atoms with Gasteiger partial charge >= 0.3 is 0 Å². The molecule has 0 saturated heterocycles. The highest BCUT2D eigenvalue weighted by molar-refractivity contribution is 7.90. The summed E-state index contributed by atoms with van der Waals surface area (Å²) in [7, 11) is -2.84. The fraction of sp³-hybridized carbons (Fsp3) is 1.00. The van der Waals surface area contributed by atoms with Crippen molar-refractivity contribution in [3.8, 4) is 0 Å². The van der Waals surface area contributed by atoms with Crippen LogP contribution in [-0.4, -0.2) is 33.0 Å². The summed E-state index contributed by atoms with van der Waals surface area (Å²) in [6.45, 7) is 2.88. The zero-order chi connectivity index (χ0) is 10.6. The van der Waals surface area contributed by atoms with Gasteiger partial charge in [-0.05, 0) is 18.9 Å². The maximum Gasteiger partial charge on any atom is 0.148 e. The summed E-state index contributed by atoms with van der Waals surface area (Å²) in [6, 6.07) is 0.167. The van der Waals surface area contributed by atoms with Gasteiger partial charge in [0.25, 0.3) is 0 Å². The SMILES string of the molecule is CCNC(CC1CCC1)CS(C)(=O)=O. The molecule has 4 heteroatoms. The van der Waals surface area contributed by atoms with E-state index in [1.54, 1.807) is 0 Å². The first-order valence-electron chi connectivity index (χ1n) is 5.42. The molecule has 1 aliphatic carbocycles. The maximum atomic E-state index is 11.2. The fourth-order valence-corrected chi connectivity index (χ4v) is 2.98. The van der Waals surface area contributed by atoms with Crippen LogP contribution < -0.4 is 5.32 Å². The van der Waals surface area contributed by atoms with E-state index in [1.807, 2.05) is 6.92 Å². The molecule has 1 atom stereocenters. The van der Waals surface area contributed by atoms with Crippen molar-refractivity contribution >= 4 is 9.84 Å². The van der Waals surface area contributed by atoms with Crippen LogP contribution in [0.15, 0.2) is 0 Å². The second kappa shape index (κ2) is 5.12. The molecular formula is C10H21NO2S. The van der Waals surface area contributed by atoms with Crippen molar-refractivity contribution in [2.75, 3.05) is 18.6 Å². The quantitative estimate of drug-likeness (QED) is 0.730. The Hall–Kier alpha value is -0.0900. The number of rotatable bonds is 6. The molecule has 3 nitrogen and oxygen atoms in total. The summed E-state index contributed by atoms with van der Waals surface area (Å²) in [5.41, 5.74) is 0. The van der Waals surface area contributed by atoms with E-state index < -0.39 is 9.84 Å².